The molecular formula is C21H21ClN4O3S. The van der Waals surface area contributed by atoms with Crippen molar-refractivity contribution in [3.8, 4) is 10.7 Å². The molecule has 0 bridgehead atoms. The Kier molecular flexibility index (Phi) is 6.15. The molecule has 1 aromatic carbocycles. The van der Waals surface area contributed by atoms with Crippen LogP contribution in [0.2, 0.25) is 5.02 Å². The summed E-state index contributed by atoms with van der Waals surface area (Å²) in [7, 11) is 0. The van der Waals surface area contributed by atoms with E-state index in [0.29, 0.717) is 16.4 Å². The molecule has 1 N–H and O–H groups in total. The topological polar surface area (TPSA) is 86.0 Å². The average molecular weight is 445 g/mol. The van der Waals surface area contributed by atoms with Crippen LogP contribution in [-0.2, 0) is 11.3 Å². The number of aromatic nitrogens is 3. The van der Waals surface area contributed by atoms with Gasteiger partial charge in [-0.2, -0.15) is 0 Å². The van der Waals surface area contributed by atoms with E-state index in [1.807, 2.05) is 17.5 Å². The monoisotopic (exact) mass is 444 g/mol. The van der Waals surface area contributed by atoms with Crippen molar-refractivity contribution in [2.45, 2.75) is 38.3 Å². The summed E-state index contributed by atoms with van der Waals surface area (Å²) < 4.78 is 3.17. The van der Waals surface area contributed by atoms with E-state index in [1.54, 1.807) is 40.2 Å². The highest BCUT2D eigenvalue weighted by Gasteiger charge is 2.30. The van der Waals surface area contributed by atoms with Crippen LogP contribution in [0, 0.1) is 0 Å². The lowest BCUT2D eigenvalue weighted by atomic mass is 10.1. The summed E-state index contributed by atoms with van der Waals surface area (Å²) in [6.45, 7) is 0.563. The number of carbonyl (C=O) groups is 2. The van der Waals surface area contributed by atoms with Gasteiger partial charge in [-0.3, -0.25) is 14.2 Å². The number of ketones is 1. The first kappa shape index (κ1) is 20.6. The molecule has 156 valence electrons. The molecule has 0 unspecified atom stereocenters. The van der Waals surface area contributed by atoms with Gasteiger partial charge in [-0.05, 0) is 48.6 Å². The number of hydrogen-bond acceptors (Lipinski definition) is 5. The third-order valence-electron chi connectivity index (χ3n) is 4.92. The fourth-order valence-electron chi connectivity index (χ4n) is 3.20. The van der Waals surface area contributed by atoms with Crippen molar-refractivity contribution >= 4 is 34.6 Å². The molecule has 9 heteroatoms. The Bertz CT molecular complexity index is 1100. The van der Waals surface area contributed by atoms with Crippen molar-refractivity contribution in [3.63, 3.8) is 0 Å². The van der Waals surface area contributed by atoms with Gasteiger partial charge >= 0.3 is 5.69 Å². The Morgan fingerprint density at radius 1 is 1.17 bits per heavy atom. The van der Waals surface area contributed by atoms with E-state index >= 15 is 0 Å². The van der Waals surface area contributed by atoms with E-state index in [1.165, 1.54) is 4.68 Å². The molecule has 0 radical (unpaired) electrons. The number of carbonyl (C=O) groups excluding carboxylic acids is 2. The van der Waals surface area contributed by atoms with E-state index in [9.17, 15) is 14.4 Å². The molecule has 0 spiro atoms. The highest BCUT2D eigenvalue weighted by molar-refractivity contribution is 7.13. The highest BCUT2D eigenvalue weighted by Crippen LogP contribution is 2.37. The van der Waals surface area contributed by atoms with Crippen molar-refractivity contribution in [3.05, 3.63) is 62.8 Å². The molecule has 1 aliphatic rings. The van der Waals surface area contributed by atoms with Crippen LogP contribution >= 0.6 is 22.9 Å². The number of benzene rings is 1. The fraction of sp³-hybridized carbons (Fsp3) is 0.333. The minimum absolute atomic E-state index is 0.0906. The van der Waals surface area contributed by atoms with Gasteiger partial charge in [-0.25, -0.2) is 9.48 Å². The molecule has 0 aliphatic heterocycles. The molecule has 1 fully saturated rings. The van der Waals surface area contributed by atoms with E-state index in [-0.39, 0.29) is 49.4 Å². The maximum atomic E-state index is 12.7. The summed E-state index contributed by atoms with van der Waals surface area (Å²) in [6.07, 6.45) is 2.18. The maximum absolute atomic E-state index is 12.7. The zero-order valence-corrected chi connectivity index (χ0v) is 17.8. The quantitative estimate of drug-likeness (QED) is 0.511. The Balaban J connectivity index is 1.30. The fourth-order valence-corrected chi connectivity index (χ4v) is 4.03. The standard InChI is InChI=1S/C21H21ClN4O3S/c22-15-5-3-14(4-6-15)17(27)9-10-19(28)23-11-12-25-21(29)26(16-7-8-16)20(24-25)18-2-1-13-30-18/h1-6,13,16H,7-12H2,(H,23,28). The first-order valence-corrected chi connectivity index (χ1v) is 11.1. The molecule has 3 aromatic rings. The van der Waals surface area contributed by atoms with Crippen LogP contribution in [0.3, 0.4) is 0 Å². The summed E-state index contributed by atoms with van der Waals surface area (Å²) in [6, 6.07) is 10.7. The number of nitrogens with one attached hydrogen (secondary N) is 1. The van der Waals surface area contributed by atoms with Crippen LogP contribution in [-0.4, -0.2) is 32.6 Å². The number of Topliss-reactive ketones (excluding diaryl/α,β-unsaturated/α-hetero) is 1. The number of amides is 1. The highest BCUT2D eigenvalue weighted by atomic mass is 35.5. The van der Waals surface area contributed by atoms with Gasteiger partial charge in [0.25, 0.3) is 0 Å². The molecule has 2 aromatic heterocycles. The Labute approximate surface area is 182 Å². The minimum atomic E-state index is -0.231. The predicted molar refractivity (Wildman–Crippen MR) is 116 cm³/mol. The second kappa shape index (κ2) is 8.97. The van der Waals surface area contributed by atoms with Crippen molar-refractivity contribution in [1.29, 1.82) is 0 Å². The van der Waals surface area contributed by atoms with Crippen molar-refractivity contribution in [1.82, 2.24) is 19.7 Å². The van der Waals surface area contributed by atoms with Gasteiger partial charge in [0.1, 0.15) is 0 Å². The van der Waals surface area contributed by atoms with Gasteiger partial charge < -0.3 is 5.32 Å². The van der Waals surface area contributed by atoms with E-state index < -0.39 is 0 Å². The Hall–Kier alpha value is -2.71. The molecule has 1 amide bonds. The Morgan fingerprint density at radius 2 is 1.93 bits per heavy atom. The van der Waals surface area contributed by atoms with E-state index in [0.717, 1.165) is 17.7 Å². The second-order valence-corrected chi connectivity index (χ2v) is 8.57. The van der Waals surface area contributed by atoms with Crippen LogP contribution in [0.5, 0.6) is 0 Å². The molecule has 0 atom stereocenters. The molecule has 1 aliphatic carbocycles. The Morgan fingerprint density at radius 3 is 2.60 bits per heavy atom. The molecule has 0 saturated heterocycles. The van der Waals surface area contributed by atoms with Gasteiger partial charge in [-0.15, -0.1) is 16.4 Å². The van der Waals surface area contributed by atoms with Gasteiger partial charge in [0.2, 0.25) is 5.91 Å². The maximum Gasteiger partial charge on any atom is 0.346 e. The summed E-state index contributed by atoms with van der Waals surface area (Å²) in [5.74, 6) is 0.352. The number of thiophene rings is 1. The number of rotatable bonds is 9. The van der Waals surface area contributed by atoms with Crippen LogP contribution < -0.4 is 11.0 Å². The first-order chi connectivity index (χ1) is 14.5. The lowest BCUT2D eigenvalue weighted by molar-refractivity contribution is -0.121. The molecule has 30 heavy (non-hydrogen) atoms. The van der Waals surface area contributed by atoms with Crippen molar-refractivity contribution < 1.29 is 9.59 Å². The normalized spacial score (nSPS) is 13.4. The molecule has 4 rings (SSSR count). The lowest BCUT2D eigenvalue weighted by Crippen LogP contribution is -2.32. The van der Waals surface area contributed by atoms with Crippen LogP contribution in [0.1, 0.15) is 42.1 Å². The van der Waals surface area contributed by atoms with E-state index in [4.69, 9.17) is 11.6 Å². The van der Waals surface area contributed by atoms with Crippen molar-refractivity contribution in [2.24, 2.45) is 0 Å². The first-order valence-electron chi connectivity index (χ1n) is 9.81. The lowest BCUT2D eigenvalue weighted by Gasteiger charge is -2.05. The summed E-state index contributed by atoms with van der Waals surface area (Å²) in [4.78, 5) is 37.9. The van der Waals surface area contributed by atoms with Crippen LogP contribution in [0.25, 0.3) is 10.7 Å². The average Bonchev–Trinajstić information content (AvgIpc) is 3.31. The molecular weight excluding hydrogens is 424 g/mol. The second-order valence-electron chi connectivity index (χ2n) is 7.19. The summed E-state index contributed by atoms with van der Waals surface area (Å²) in [5.41, 5.74) is 0.388. The SMILES string of the molecule is O=C(CCC(=O)c1ccc(Cl)cc1)NCCn1nc(-c2cccs2)n(C2CC2)c1=O. The smallest absolute Gasteiger partial charge is 0.346 e. The van der Waals surface area contributed by atoms with Gasteiger partial charge in [-0.1, -0.05) is 17.7 Å². The van der Waals surface area contributed by atoms with Crippen LogP contribution in [0.4, 0.5) is 0 Å². The number of hydrogen-bond donors (Lipinski definition) is 1. The van der Waals surface area contributed by atoms with Gasteiger partial charge in [0, 0.05) is 36.0 Å². The largest absolute Gasteiger partial charge is 0.354 e. The number of halogens is 1. The third kappa shape index (κ3) is 4.71. The summed E-state index contributed by atoms with van der Waals surface area (Å²) in [5, 5.41) is 9.78. The molecule has 7 nitrogen and oxygen atoms in total. The van der Waals surface area contributed by atoms with Gasteiger partial charge in [0.15, 0.2) is 11.6 Å². The third-order valence-corrected chi connectivity index (χ3v) is 6.03. The predicted octanol–water partition coefficient (Wildman–Crippen LogP) is 3.54. The van der Waals surface area contributed by atoms with Crippen molar-refractivity contribution in [2.75, 3.05) is 6.54 Å². The zero-order valence-electron chi connectivity index (χ0n) is 16.2. The zero-order chi connectivity index (χ0) is 21.1. The molecule has 2 heterocycles. The van der Waals surface area contributed by atoms with Crippen LogP contribution in [0.15, 0.2) is 46.6 Å². The summed E-state index contributed by atoms with van der Waals surface area (Å²) >= 11 is 7.37. The van der Waals surface area contributed by atoms with E-state index in [2.05, 4.69) is 10.4 Å². The molecule has 1 saturated carbocycles. The van der Waals surface area contributed by atoms with Gasteiger partial charge in [0.05, 0.1) is 11.4 Å². The number of nitrogens with zero attached hydrogens (tertiary/aromatic N) is 3. The minimum Gasteiger partial charge on any atom is -0.354 e.